The van der Waals surface area contributed by atoms with Crippen LogP contribution in [0.5, 0.6) is 0 Å². The highest BCUT2D eigenvalue weighted by Crippen LogP contribution is 2.16. The predicted molar refractivity (Wildman–Crippen MR) is 61.7 cm³/mol. The second-order valence-electron chi connectivity index (χ2n) is 3.77. The van der Waals surface area contributed by atoms with E-state index < -0.39 is 0 Å². The molecule has 0 spiro atoms. The molecule has 0 radical (unpaired) electrons. The number of carbonyl (C=O) groups excluding carboxylic acids is 1. The van der Waals surface area contributed by atoms with Gasteiger partial charge in [0.05, 0.1) is 12.7 Å². The van der Waals surface area contributed by atoms with E-state index in [4.69, 9.17) is 9.47 Å². The van der Waals surface area contributed by atoms with Gasteiger partial charge < -0.3 is 14.0 Å². The highest BCUT2D eigenvalue weighted by atomic mass is 16.5. The lowest BCUT2D eigenvalue weighted by atomic mass is 10.2. The number of aryl methyl sites for hydroxylation is 1. The minimum Gasteiger partial charge on any atom is -0.465 e. The van der Waals surface area contributed by atoms with E-state index >= 15 is 0 Å². The summed E-state index contributed by atoms with van der Waals surface area (Å²) in [6.45, 7) is 5.52. The first-order valence-corrected chi connectivity index (χ1v) is 5.35. The molecule has 0 unspecified atom stereocenters. The molecule has 0 bridgehead atoms. The Morgan fingerprint density at radius 3 is 2.62 bits per heavy atom. The van der Waals surface area contributed by atoms with Gasteiger partial charge >= 0.3 is 5.97 Å². The average molecular weight is 225 g/mol. The van der Waals surface area contributed by atoms with Crippen molar-refractivity contribution in [3.63, 3.8) is 0 Å². The summed E-state index contributed by atoms with van der Waals surface area (Å²) in [5.74, 6) is -0.272. The van der Waals surface area contributed by atoms with Crippen LogP contribution in [0.4, 0.5) is 0 Å². The van der Waals surface area contributed by atoms with Gasteiger partial charge in [0.25, 0.3) is 0 Å². The van der Waals surface area contributed by atoms with E-state index in [1.807, 2.05) is 19.9 Å². The van der Waals surface area contributed by atoms with Gasteiger partial charge in [-0.1, -0.05) is 0 Å². The van der Waals surface area contributed by atoms with Crippen LogP contribution in [0.25, 0.3) is 0 Å². The van der Waals surface area contributed by atoms with E-state index in [2.05, 4.69) is 4.57 Å². The van der Waals surface area contributed by atoms with Crippen LogP contribution >= 0.6 is 0 Å². The third kappa shape index (κ3) is 2.64. The molecule has 0 atom stereocenters. The van der Waals surface area contributed by atoms with Crippen LogP contribution in [-0.4, -0.2) is 31.4 Å². The molecule has 0 saturated heterocycles. The minimum absolute atomic E-state index is 0.272. The Morgan fingerprint density at radius 2 is 2.06 bits per heavy atom. The van der Waals surface area contributed by atoms with E-state index in [9.17, 15) is 4.79 Å². The van der Waals surface area contributed by atoms with Crippen molar-refractivity contribution >= 4 is 5.97 Å². The molecule has 0 aromatic carbocycles. The number of nitrogens with zero attached hydrogens (tertiary/aromatic N) is 1. The molecule has 1 heterocycles. The first-order valence-electron chi connectivity index (χ1n) is 5.35. The normalized spacial score (nSPS) is 10.5. The summed E-state index contributed by atoms with van der Waals surface area (Å²) in [4.78, 5) is 11.5. The Labute approximate surface area is 96.2 Å². The molecule has 0 N–H and O–H groups in total. The molecule has 0 aliphatic heterocycles. The van der Waals surface area contributed by atoms with Crippen molar-refractivity contribution in [2.75, 3.05) is 20.8 Å². The fraction of sp³-hybridized carbons (Fsp3) is 0.583. The van der Waals surface area contributed by atoms with Crippen molar-refractivity contribution in [2.45, 2.75) is 26.8 Å². The van der Waals surface area contributed by atoms with Crippen LogP contribution < -0.4 is 0 Å². The molecule has 1 rings (SSSR count). The lowest BCUT2D eigenvalue weighted by Gasteiger charge is -2.08. The number of hydrogen-bond donors (Lipinski definition) is 0. The van der Waals surface area contributed by atoms with Crippen LogP contribution in [0.2, 0.25) is 0 Å². The predicted octanol–water partition coefficient (Wildman–Crippen LogP) is 1.93. The van der Waals surface area contributed by atoms with Crippen LogP contribution in [0.3, 0.4) is 0 Å². The number of hydrogen-bond acceptors (Lipinski definition) is 3. The standard InChI is InChI=1S/C12H19NO3/c1-9-8-11(12(14)16-4)10(2)13(9)6-5-7-15-3/h8H,5-7H2,1-4H3. The summed E-state index contributed by atoms with van der Waals surface area (Å²) < 4.78 is 11.9. The second-order valence-corrected chi connectivity index (χ2v) is 3.77. The van der Waals surface area contributed by atoms with Crippen LogP contribution in [-0.2, 0) is 16.0 Å². The van der Waals surface area contributed by atoms with Crippen molar-refractivity contribution in [1.29, 1.82) is 0 Å². The molecular weight excluding hydrogens is 206 g/mol. The van der Waals surface area contributed by atoms with Crippen molar-refractivity contribution in [3.8, 4) is 0 Å². The summed E-state index contributed by atoms with van der Waals surface area (Å²) in [6.07, 6.45) is 0.938. The molecule has 1 aromatic heterocycles. The zero-order chi connectivity index (χ0) is 12.1. The third-order valence-electron chi connectivity index (χ3n) is 2.71. The van der Waals surface area contributed by atoms with E-state index in [1.165, 1.54) is 7.11 Å². The first kappa shape index (κ1) is 12.8. The maximum Gasteiger partial charge on any atom is 0.339 e. The van der Waals surface area contributed by atoms with E-state index in [1.54, 1.807) is 7.11 Å². The van der Waals surface area contributed by atoms with Crippen LogP contribution in [0.15, 0.2) is 6.07 Å². The zero-order valence-electron chi connectivity index (χ0n) is 10.4. The Kier molecular flexibility index (Phi) is 4.55. The number of rotatable bonds is 5. The van der Waals surface area contributed by atoms with Gasteiger partial charge in [-0.15, -0.1) is 0 Å². The van der Waals surface area contributed by atoms with Gasteiger partial charge in [-0.3, -0.25) is 0 Å². The molecule has 90 valence electrons. The average Bonchev–Trinajstić information content (AvgIpc) is 2.56. The molecule has 1 aromatic rings. The maximum atomic E-state index is 11.5. The summed E-state index contributed by atoms with van der Waals surface area (Å²) in [6, 6.07) is 1.87. The molecule has 0 fully saturated rings. The summed E-state index contributed by atoms with van der Waals surface area (Å²) >= 11 is 0. The molecule has 0 aliphatic rings. The van der Waals surface area contributed by atoms with Crippen molar-refractivity contribution in [2.24, 2.45) is 0 Å². The van der Waals surface area contributed by atoms with Crippen LogP contribution in [0, 0.1) is 13.8 Å². The Bertz CT molecular complexity index is 369. The zero-order valence-corrected chi connectivity index (χ0v) is 10.4. The fourth-order valence-corrected chi connectivity index (χ4v) is 1.83. The van der Waals surface area contributed by atoms with Gasteiger partial charge in [0.15, 0.2) is 0 Å². The monoisotopic (exact) mass is 225 g/mol. The number of ether oxygens (including phenoxy) is 2. The lowest BCUT2D eigenvalue weighted by molar-refractivity contribution is 0.0599. The van der Waals surface area contributed by atoms with E-state index in [0.29, 0.717) is 5.56 Å². The highest BCUT2D eigenvalue weighted by molar-refractivity contribution is 5.91. The number of aromatic nitrogens is 1. The lowest BCUT2D eigenvalue weighted by Crippen LogP contribution is -2.07. The molecule has 0 saturated carbocycles. The fourth-order valence-electron chi connectivity index (χ4n) is 1.83. The third-order valence-corrected chi connectivity index (χ3v) is 2.71. The molecule has 4 nitrogen and oxygen atoms in total. The number of methoxy groups -OCH3 is 2. The summed E-state index contributed by atoms with van der Waals surface area (Å²) in [7, 11) is 3.09. The minimum atomic E-state index is -0.272. The van der Waals surface area contributed by atoms with Gasteiger partial charge in [0, 0.05) is 31.6 Å². The topological polar surface area (TPSA) is 40.5 Å². The Morgan fingerprint density at radius 1 is 1.38 bits per heavy atom. The SMILES string of the molecule is COCCCn1c(C)cc(C(=O)OC)c1C. The van der Waals surface area contributed by atoms with Gasteiger partial charge in [-0.05, 0) is 26.3 Å². The number of carbonyl (C=O) groups is 1. The molecular formula is C12H19NO3. The first-order chi connectivity index (χ1) is 7.61. The smallest absolute Gasteiger partial charge is 0.339 e. The Hall–Kier alpha value is -1.29. The molecule has 16 heavy (non-hydrogen) atoms. The largest absolute Gasteiger partial charge is 0.465 e. The van der Waals surface area contributed by atoms with Gasteiger partial charge in [-0.25, -0.2) is 4.79 Å². The molecule has 0 amide bonds. The summed E-state index contributed by atoms with van der Waals surface area (Å²) in [5, 5.41) is 0. The summed E-state index contributed by atoms with van der Waals surface area (Å²) in [5.41, 5.74) is 2.69. The van der Waals surface area contributed by atoms with E-state index in [-0.39, 0.29) is 5.97 Å². The highest BCUT2D eigenvalue weighted by Gasteiger charge is 2.15. The van der Waals surface area contributed by atoms with Crippen molar-refractivity contribution < 1.29 is 14.3 Å². The van der Waals surface area contributed by atoms with Crippen molar-refractivity contribution in [1.82, 2.24) is 4.57 Å². The number of esters is 1. The van der Waals surface area contributed by atoms with Crippen LogP contribution in [0.1, 0.15) is 28.2 Å². The van der Waals surface area contributed by atoms with Gasteiger partial charge in [0.1, 0.15) is 0 Å². The quantitative estimate of drug-likeness (QED) is 0.568. The van der Waals surface area contributed by atoms with E-state index in [0.717, 1.165) is 31.0 Å². The van der Waals surface area contributed by atoms with Crippen molar-refractivity contribution in [3.05, 3.63) is 23.0 Å². The van der Waals surface area contributed by atoms with Gasteiger partial charge in [0.2, 0.25) is 0 Å². The molecule has 4 heteroatoms. The maximum absolute atomic E-state index is 11.5. The van der Waals surface area contributed by atoms with Gasteiger partial charge in [-0.2, -0.15) is 0 Å². The second kappa shape index (κ2) is 5.70. The Balaban J connectivity index is 2.85. The molecule has 0 aliphatic carbocycles.